The molecule has 1 fully saturated rings. The Labute approximate surface area is 164 Å². The van der Waals surface area contributed by atoms with E-state index >= 15 is 0 Å². The van der Waals surface area contributed by atoms with Gasteiger partial charge in [-0.15, -0.1) is 0 Å². The van der Waals surface area contributed by atoms with Gasteiger partial charge < -0.3 is 10.1 Å². The number of carbonyl (C=O) groups is 1. The molecule has 0 aliphatic carbocycles. The zero-order valence-electron chi connectivity index (χ0n) is 14.9. The first-order chi connectivity index (χ1) is 12.9. The van der Waals surface area contributed by atoms with Gasteiger partial charge in [0.1, 0.15) is 5.75 Å². The fraction of sp³-hybridized carbons (Fsp3) is 0.316. The number of halogens is 1. The number of carbonyl (C=O) groups excluding carboxylic acids is 1. The van der Waals surface area contributed by atoms with Gasteiger partial charge in [0.15, 0.2) is 6.61 Å². The molecule has 1 N–H and O–H groups in total. The Morgan fingerprint density at radius 3 is 2.44 bits per heavy atom. The largest absolute Gasteiger partial charge is 0.484 e. The number of rotatable bonds is 6. The molecule has 0 atom stereocenters. The summed E-state index contributed by atoms with van der Waals surface area (Å²) >= 11 is 6.03. The molecule has 1 amide bonds. The SMILES string of the molecule is Cc1ccc(NC(=O)COc2ccc(S(=O)(=O)N3CCCC3)cc2)cc1Cl. The third kappa shape index (κ3) is 4.80. The van der Waals surface area contributed by atoms with Gasteiger partial charge in [0.25, 0.3) is 5.91 Å². The van der Waals surface area contributed by atoms with Gasteiger partial charge in [-0.25, -0.2) is 8.42 Å². The first-order valence-electron chi connectivity index (χ1n) is 8.65. The number of ether oxygens (including phenoxy) is 1. The van der Waals surface area contributed by atoms with Gasteiger partial charge in [0.2, 0.25) is 10.0 Å². The molecule has 144 valence electrons. The highest BCUT2D eigenvalue weighted by molar-refractivity contribution is 7.89. The Hall–Kier alpha value is -2.09. The van der Waals surface area contributed by atoms with Gasteiger partial charge in [-0.1, -0.05) is 17.7 Å². The second-order valence-corrected chi connectivity index (χ2v) is 8.73. The molecular formula is C19H21ClN2O4S. The molecule has 3 rings (SSSR count). The van der Waals surface area contributed by atoms with Gasteiger partial charge in [-0.05, 0) is 61.7 Å². The maximum atomic E-state index is 12.5. The minimum Gasteiger partial charge on any atom is -0.484 e. The molecule has 0 saturated carbocycles. The molecule has 0 spiro atoms. The van der Waals surface area contributed by atoms with Crippen molar-refractivity contribution < 1.29 is 17.9 Å². The molecule has 1 aliphatic heterocycles. The number of aryl methyl sites for hydroxylation is 1. The molecule has 0 unspecified atom stereocenters. The number of amides is 1. The van der Waals surface area contributed by atoms with E-state index in [0.717, 1.165) is 18.4 Å². The van der Waals surface area contributed by atoms with Crippen LogP contribution in [0, 0.1) is 6.92 Å². The Balaban J connectivity index is 1.56. The maximum Gasteiger partial charge on any atom is 0.262 e. The summed E-state index contributed by atoms with van der Waals surface area (Å²) in [4.78, 5) is 12.2. The first kappa shape index (κ1) is 19.7. The van der Waals surface area contributed by atoms with Crippen LogP contribution in [0.1, 0.15) is 18.4 Å². The first-order valence-corrected chi connectivity index (χ1v) is 10.5. The maximum absolute atomic E-state index is 12.5. The van der Waals surface area contributed by atoms with E-state index in [1.807, 2.05) is 13.0 Å². The molecule has 0 bridgehead atoms. The normalized spacial score (nSPS) is 14.9. The third-order valence-electron chi connectivity index (χ3n) is 4.35. The molecule has 2 aromatic rings. The van der Waals surface area contributed by atoms with Gasteiger partial charge in [0.05, 0.1) is 4.90 Å². The Bertz CT molecular complexity index is 923. The van der Waals surface area contributed by atoms with Gasteiger partial charge >= 0.3 is 0 Å². The minimum absolute atomic E-state index is 0.191. The molecule has 8 heteroatoms. The quantitative estimate of drug-likeness (QED) is 0.794. The van der Waals surface area contributed by atoms with Crippen LogP contribution in [0.25, 0.3) is 0 Å². The number of hydrogen-bond donors (Lipinski definition) is 1. The van der Waals surface area contributed by atoms with E-state index in [-0.39, 0.29) is 17.4 Å². The Kier molecular flexibility index (Phi) is 6.04. The van der Waals surface area contributed by atoms with Gasteiger partial charge in [-0.3, -0.25) is 4.79 Å². The van der Waals surface area contributed by atoms with Crippen LogP contribution < -0.4 is 10.1 Å². The molecule has 1 saturated heterocycles. The zero-order valence-corrected chi connectivity index (χ0v) is 16.5. The predicted octanol–water partition coefficient (Wildman–Crippen LogP) is 3.45. The topological polar surface area (TPSA) is 75.7 Å². The van der Waals surface area contributed by atoms with Crippen molar-refractivity contribution >= 4 is 33.2 Å². The average Bonchev–Trinajstić information content (AvgIpc) is 3.19. The van der Waals surface area contributed by atoms with Crippen molar-refractivity contribution in [2.24, 2.45) is 0 Å². The van der Waals surface area contributed by atoms with Gasteiger partial charge in [0, 0.05) is 23.8 Å². The number of hydrogen-bond acceptors (Lipinski definition) is 4. The molecule has 0 aromatic heterocycles. The molecular weight excluding hydrogens is 388 g/mol. The van der Waals surface area contributed by atoms with Crippen LogP contribution in [0.5, 0.6) is 5.75 Å². The summed E-state index contributed by atoms with van der Waals surface area (Å²) in [5, 5.41) is 3.27. The standard InChI is InChI=1S/C19H21ClN2O4S/c1-14-4-5-15(12-18(14)20)21-19(23)13-26-16-6-8-17(9-7-16)27(24,25)22-10-2-3-11-22/h4-9,12H,2-3,10-11,13H2,1H3,(H,21,23). The van der Waals surface area contributed by atoms with Crippen molar-refractivity contribution in [2.75, 3.05) is 25.0 Å². The van der Waals surface area contributed by atoms with Crippen LogP contribution in [-0.2, 0) is 14.8 Å². The summed E-state index contributed by atoms with van der Waals surface area (Å²) in [6.45, 7) is 2.81. The van der Waals surface area contributed by atoms with E-state index in [2.05, 4.69) is 5.32 Å². The Morgan fingerprint density at radius 2 is 1.81 bits per heavy atom. The van der Waals surface area contributed by atoms with E-state index in [4.69, 9.17) is 16.3 Å². The summed E-state index contributed by atoms with van der Waals surface area (Å²) in [5.41, 5.74) is 1.51. The van der Waals surface area contributed by atoms with E-state index in [1.165, 1.54) is 16.4 Å². The second-order valence-electron chi connectivity index (χ2n) is 6.38. The zero-order chi connectivity index (χ0) is 19.4. The van der Waals surface area contributed by atoms with E-state index in [9.17, 15) is 13.2 Å². The van der Waals surface area contributed by atoms with Crippen molar-refractivity contribution in [3.8, 4) is 5.75 Å². The van der Waals surface area contributed by atoms with Crippen LogP contribution in [0.2, 0.25) is 5.02 Å². The summed E-state index contributed by atoms with van der Waals surface area (Å²) in [6, 6.07) is 11.4. The third-order valence-corrected chi connectivity index (χ3v) is 6.67. The summed E-state index contributed by atoms with van der Waals surface area (Å²) < 4.78 is 31.9. The summed E-state index contributed by atoms with van der Waals surface area (Å²) in [6.07, 6.45) is 1.78. The van der Waals surface area contributed by atoms with E-state index < -0.39 is 10.0 Å². The fourth-order valence-corrected chi connectivity index (χ4v) is 4.50. The highest BCUT2D eigenvalue weighted by atomic mass is 35.5. The average molecular weight is 409 g/mol. The van der Waals surface area contributed by atoms with Gasteiger partial charge in [-0.2, -0.15) is 4.31 Å². The van der Waals surface area contributed by atoms with Crippen molar-refractivity contribution in [3.05, 3.63) is 53.1 Å². The van der Waals surface area contributed by atoms with Crippen LogP contribution in [0.3, 0.4) is 0 Å². The lowest BCUT2D eigenvalue weighted by Gasteiger charge is -2.15. The number of sulfonamides is 1. The number of anilines is 1. The van der Waals surface area contributed by atoms with Crippen molar-refractivity contribution in [1.82, 2.24) is 4.31 Å². The lowest BCUT2D eigenvalue weighted by molar-refractivity contribution is -0.118. The summed E-state index contributed by atoms with van der Waals surface area (Å²) in [5.74, 6) is 0.0937. The Morgan fingerprint density at radius 1 is 1.15 bits per heavy atom. The predicted molar refractivity (Wildman–Crippen MR) is 105 cm³/mol. The minimum atomic E-state index is -3.45. The smallest absolute Gasteiger partial charge is 0.262 e. The molecule has 2 aromatic carbocycles. The van der Waals surface area contributed by atoms with Crippen LogP contribution >= 0.6 is 11.6 Å². The second kappa shape index (κ2) is 8.29. The highest BCUT2D eigenvalue weighted by Gasteiger charge is 2.26. The van der Waals surface area contributed by atoms with Crippen molar-refractivity contribution in [1.29, 1.82) is 0 Å². The van der Waals surface area contributed by atoms with Crippen molar-refractivity contribution in [3.63, 3.8) is 0 Å². The number of nitrogens with zero attached hydrogens (tertiary/aromatic N) is 1. The molecule has 0 radical (unpaired) electrons. The van der Waals surface area contributed by atoms with Crippen LogP contribution in [0.4, 0.5) is 5.69 Å². The molecule has 6 nitrogen and oxygen atoms in total. The lowest BCUT2D eigenvalue weighted by atomic mass is 10.2. The van der Waals surface area contributed by atoms with Crippen LogP contribution in [0.15, 0.2) is 47.4 Å². The molecule has 1 heterocycles. The number of nitrogens with one attached hydrogen (secondary N) is 1. The summed E-state index contributed by atoms with van der Waals surface area (Å²) in [7, 11) is -3.45. The monoisotopic (exact) mass is 408 g/mol. The fourth-order valence-electron chi connectivity index (χ4n) is 2.80. The van der Waals surface area contributed by atoms with Crippen LogP contribution in [-0.4, -0.2) is 38.3 Å². The highest BCUT2D eigenvalue weighted by Crippen LogP contribution is 2.23. The van der Waals surface area contributed by atoms with E-state index in [1.54, 1.807) is 24.3 Å². The van der Waals surface area contributed by atoms with E-state index in [0.29, 0.717) is 29.5 Å². The molecule has 1 aliphatic rings. The molecule has 27 heavy (non-hydrogen) atoms. The van der Waals surface area contributed by atoms with Crippen molar-refractivity contribution in [2.45, 2.75) is 24.7 Å². The lowest BCUT2D eigenvalue weighted by Crippen LogP contribution is -2.27. The number of benzene rings is 2.